The number of aliphatic carboxylic acids is 1. The molecule has 1 atom stereocenters. The molecule has 1 N–H and O–H groups in total. The molecule has 0 aromatic heterocycles. The van der Waals surface area contributed by atoms with Gasteiger partial charge in [-0.05, 0) is 0 Å². The van der Waals surface area contributed by atoms with Crippen molar-refractivity contribution < 1.29 is 55.1 Å². The van der Waals surface area contributed by atoms with Crippen molar-refractivity contribution in [2.24, 2.45) is 0 Å². The second-order valence-electron chi connectivity index (χ2n) is 2.67. The van der Waals surface area contributed by atoms with Crippen molar-refractivity contribution in [3.63, 3.8) is 0 Å². The molecule has 0 aromatic carbocycles. The summed E-state index contributed by atoms with van der Waals surface area (Å²) in [5.74, 6) is -27.1. The first-order valence-corrected chi connectivity index (χ1v) is 3.50. The van der Waals surface area contributed by atoms with Crippen LogP contribution < -0.4 is 0 Å². The van der Waals surface area contributed by atoms with Crippen LogP contribution in [0.15, 0.2) is 0 Å². The molecule has 0 unspecified atom stereocenters. The number of alkyl halides is 5. The summed E-state index contributed by atoms with van der Waals surface area (Å²) in [5, 5.41) is 4.41. The summed E-state index contributed by atoms with van der Waals surface area (Å²) in [5.41, 5.74) is 0. The van der Waals surface area contributed by atoms with Gasteiger partial charge in [0, 0.05) is 4.53 Å². The van der Waals surface area contributed by atoms with Gasteiger partial charge in [-0.3, -0.25) is 0 Å². The monoisotopic (exact) mass is 291 g/mol. The zero-order chi connectivity index (χ0) is 14.9. The van der Waals surface area contributed by atoms with E-state index in [1.807, 2.05) is 0 Å². The second-order valence-corrected chi connectivity index (χ2v) is 2.67. The summed E-state index contributed by atoms with van der Waals surface area (Å²) in [6.45, 7) is 0. The van der Waals surface area contributed by atoms with Gasteiger partial charge in [-0.2, -0.15) is 17.6 Å². The Hall–Kier alpha value is -1.66. The van der Waals surface area contributed by atoms with E-state index in [4.69, 9.17) is 5.11 Å². The standard InChI is InChI=1S/C5HF8NO4/c6-3(7,2(17)18-13)5(9,10)4(8,1(15)16)14(11)12/h(H,15,16)/t4-/m1/s1. The number of carboxylic acids is 1. The lowest BCUT2D eigenvalue weighted by Crippen LogP contribution is -2.67. The Balaban J connectivity index is 5.88. The summed E-state index contributed by atoms with van der Waals surface area (Å²) >= 11 is 0. The third-order valence-electron chi connectivity index (χ3n) is 1.65. The number of nitrogens with zero attached hydrogens (tertiary/aromatic N) is 1. The molecule has 0 heterocycles. The van der Waals surface area contributed by atoms with Crippen molar-refractivity contribution in [1.82, 2.24) is 5.34 Å². The van der Waals surface area contributed by atoms with Crippen LogP contribution in [0.1, 0.15) is 0 Å². The summed E-state index contributed by atoms with van der Waals surface area (Å²) in [6.07, 6.45) is 0. The van der Waals surface area contributed by atoms with Crippen LogP contribution in [0.2, 0.25) is 0 Å². The Morgan fingerprint density at radius 3 is 1.67 bits per heavy atom. The van der Waals surface area contributed by atoms with Gasteiger partial charge < -0.3 is 5.11 Å². The lowest BCUT2D eigenvalue weighted by Gasteiger charge is -2.32. The van der Waals surface area contributed by atoms with E-state index < -0.39 is 34.9 Å². The fraction of sp³-hybridized carbons (Fsp3) is 0.600. The zero-order valence-electron chi connectivity index (χ0n) is 7.64. The number of hydrogen-bond donors (Lipinski definition) is 1. The molecule has 106 valence electrons. The number of carbonyl (C=O) groups is 2. The van der Waals surface area contributed by atoms with Gasteiger partial charge in [0.25, 0.3) is 0 Å². The topological polar surface area (TPSA) is 66.8 Å². The molecule has 0 rings (SSSR count). The van der Waals surface area contributed by atoms with Crippen LogP contribution in [-0.2, 0) is 14.5 Å². The lowest BCUT2D eigenvalue weighted by atomic mass is 10.0. The zero-order valence-corrected chi connectivity index (χ0v) is 7.64. The summed E-state index contributed by atoms with van der Waals surface area (Å²) in [6, 6.07) is 0. The van der Waals surface area contributed by atoms with Crippen LogP contribution in [-0.4, -0.2) is 40.0 Å². The van der Waals surface area contributed by atoms with Crippen molar-refractivity contribution in [3.05, 3.63) is 0 Å². The quantitative estimate of drug-likeness (QED) is 0.472. The van der Waals surface area contributed by atoms with Gasteiger partial charge in [-0.25, -0.2) is 18.9 Å². The molecule has 0 bridgehead atoms. The van der Waals surface area contributed by atoms with Gasteiger partial charge in [0.1, 0.15) is 0 Å². The predicted molar refractivity (Wildman–Crippen MR) is 32.6 cm³/mol. The molecule has 0 saturated heterocycles. The highest BCUT2D eigenvalue weighted by atomic mass is 19.4. The van der Waals surface area contributed by atoms with E-state index in [0.717, 1.165) is 0 Å². The fourth-order valence-electron chi connectivity index (χ4n) is 0.697. The van der Waals surface area contributed by atoms with Gasteiger partial charge >= 0.3 is 29.6 Å². The van der Waals surface area contributed by atoms with E-state index in [9.17, 15) is 45.0 Å². The van der Waals surface area contributed by atoms with E-state index in [2.05, 4.69) is 0 Å². The molecule has 0 aromatic rings. The number of hydrogen-bond acceptors (Lipinski definition) is 4. The van der Waals surface area contributed by atoms with Gasteiger partial charge in [-0.15, -0.1) is 0 Å². The third-order valence-corrected chi connectivity index (χ3v) is 1.65. The average Bonchev–Trinajstić information content (AvgIpc) is 2.25. The molecular weight excluding hydrogens is 290 g/mol. The second kappa shape index (κ2) is 4.55. The van der Waals surface area contributed by atoms with Crippen LogP contribution >= 0.6 is 0 Å². The fourth-order valence-corrected chi connectivity index (χ4v) is 0.697. The van der Waals surface area contributed by atoms with Crippen molar-refractivity contribution in [3.8, 4) is 0 Å². The molecule has 0 amide bonds. The number of carboxylic acid groups (broad SMARTS) is 1. The Bertz CT molecular complexity index is 359. The molecule has 0 spiro atoms. The van der Waals surface area contributed by atoms with E-state index in [-0.39, 0.29) is 0 Å². The first-order chi connectivity index (χ1) is 7.87. The average molecular weight is 291 g/mol. The maximum atomic E-state index is 12.8. The predicted octanol–water partition coefficient (Wildman–Crippen LogP) is 1.51. The van der Waals surface area contributed by atoms with Crippen LogP contribution in [0.3, 0.4) is 0 Å². The minimum Gasteiger partial charge on any atom is -0.478 e. The maximum absolute atomic E-state index is 12.8. The summed E-state index contributed by atoms with van der Waals surface area (Å²) in [7, 11) is 0. The van der Waals surface area contributed by atoms with Crippen molar-refractivity contribution in [1.29, 1.82) is 0 Å². The minimum atomic E-state index is -6.82. The number of rotatable bonds is 5. The molecule has 0 saturated carbocycles. The third kappa shape index (κ3) is 1.93. The van der Waals surface area contributed by atoms with E-state index >= 15 is 0 Å². The van der Waals surface area contributed by atoms with Gasteiger partial charge in [0.2, 0.25) is 0 Å². The van der Waals surface area contributed by atoms with Gasteiger partial charge in [0.05, 0.1) is 5.34 Å². The van der Waals surface area contributed by atoms with Crippen molar-refractivity contribution >= 4 is 11.9 Å². The number of halogens is 8. The first-order valence-electron chi connectivity index (χ1n) is 3.50. The Morgan fingerprint density at radius 2 is 1.44 bits per heavy atom. The van der Waals surface area contributed by atoms with E-state index in [1.165, 1.54) is 0 Å². The molecule has 0 radical (unpaired) electrons. The Kier molecular flexibility index (Phi) is 4.13. The van der Waals surface area contributed by atoms with Gasteiger partial charge in [-0.1, -0.05) is 8.96 Å². The van der Waals surface area contributed by atoms with Crippen LogP contribution in [0.25, 0.3) is 0 Å². The summed E-state index contributed by atoms with van der Waals surface area (Å²) in [4.78, 5) is 21.5. The highest BCUT2D eigenvalue weighted by Crippen LogP contribution is 2.47. The summed E-state index contributed by atoms with van der Waals surface area (Å²) < 4.78 is 97.7. The molecule has 0 fully saturated rings. The SMILES string of the molecule is O=C(OF)C(F)(F)C(F)(F)[C@@](F)(C(=O)O)N(F)F. The van der Waals surface area contributed by atoms with Crippen molar-refractivity contribution in [2.45, 2.75) is 17.6 Å². The Morgan fingerprint density at radius 1 is 1.06 bits per heavy atom. The highest BCUT2D eigenvalue weighted by Gasteiger charge is 2.82. The first kappa shape index (κ1) is 16.3. The Labute approximate surface area is 91.3 Å². The smallest absolute Gasteiger partial charge is 0.424 e. The van der Waals surface area contributed by atoms with Gasteiger partial charge in [0.15, 0.2) is 0 Å². The molecule has 13 heteroatoms. The van der Waals surface area contributed by atoms with Crippen LogP contribution in [0, 0.1) is 0 Å². The largest absolute Gasteiger partial charge is 0.478 e. The minimum absolute atomic E-state index is 1.66. The highest BCUT2D eigenvalue weighted by molar-refractivity contribution is 5.84. The number of carbonyl (C=O) groups excluding carboxylic acids is 1. The molecular formula is C5HF8NO4. The maximum Gasteiger partial charge on any atom is 0.424 e. The van der Waals surface area contributed by atoms with Crippen molar-refractivity contribution in [2.75, 3.05) is 0 Å². The normalized spacial score (nSPS) is 16.3. The van der Waals surface area contributed by atoms with E-state index in [0.29, 0.717) is 0 Å². The molecule has 0 aliphatic rings. The molecule has 5 nitrogen and oxygen atoms in total. The van der Waals surface area contributed by atoms with E-state index in [1.54, 1.807) is 4.94 Å². The molecule has 18 heavy (non-hydrogen) atoms. The van der Waals surface area contributed by atoms with Crippen LogP contribution in [0.4, 0.5) is 35.4 Å². The van der Waals surface area contributed by atoms with Crippen LogP contribution in [0.5, 0.6) is 0 Å². The lowest BCUT2D eigenvalue weighted by molar-refractivity contribution is -0.373. The molecule has 0 aliphatic carbocycles. The molecule has 0 aliphatic heterocycles.